The highest BCUT2D eigenvalue weighted by molar-refractivity contribution is 6.45. The van der Waals surface area contributed by atoms with Crippen LogP contribution in [0.25, 0.3) is 0 Å². The maximum absolute atomic E-state index is 12.4. The van der Waals surface area contributed by atoms with E-state index in [4.69, 9.17) is 4.74 Å². The summed E-state index contributed by atoms with van der Waals surface area (Å²) in [5, 5.41) is 0. The summed E-state index contributed by atoms with van der Waals surface area (Å²) >= 11 is 0. The second-order valence-corrected chi connectivity index (χ2v) is 6.35. The van der Waals surface area contributed by atoms with Gasteiger partial charge in [-0.1, -0.05) is 30.3 Å². The van der Waals surface area contributed by atoms with Crippen molar-refractivity contribution in [1.29, 1.82) is 0 Å². The lowest BCUT2D eigenvalue weighted by atomic mass is 10.1. The quantitative estimate of drug-likeness (QED) is 0.482. The minimum Gasteiger partial charge on any atom is -0.458 e. The van der Waals surface area contributed by atoms with E-state index in [0.29, 0.717) is 0 Å². The van der Waals surface area contributed by atoms with Crippen LogP contribution in [0.1, 0.15) is 44.0 Å². The highest BCUT2D eigenvalue weighted by Gasteiger charge is 2.44. The zero-order valence-corrected chi connectivity index (χ0v) is 13.4. The molecular formula is C17H19NO5. The molecule has 1 aliphatic heterocycles. The van der Waals surface area contributed by atoms with Crippen molar-refractivity contribution in [2.75, 3.05) is 0 Å². The van der Waals surface area contributed by atoms with Crippen molar-refractivity contribution in [2.24, 2.45) is 0 Å². The molecule has 0 saturated carbocycles. The molecule has 1 heterocycles. The molecule has 1 saturated heterocycles. The zero-order chi connectivity index (χ0) is 17.2. The highest BCUT2D eigenvalue weighted by atomic mass is 16.6. The van der Waals surface area contributed by atoms with Gasteiger partial charge in [-0.25, -0.2) is 4.79 Å². The number of carbonyl (C=O) groups excluding carboxylic acids is 4. The van der Waals surface area contributed by atoms with E-state index in [1.54, 1.807) is 39.0 Å². The summed E-state index contributed by atoms with van der Waals surface area (Å²) in [5.41, 5.74) is -0.555. The van der Waals surface area contributed by atoms with Gasteiger partial charge in [0.2, 0.25) is 5.91 Å². The van der Waals surface area contributed by atoms with Crippen molar-refractivity contribution in [3.63, 3.8) is 0 Å². The fourth-order valence-corrected chi connectivity index (χ4v) is 2.35. The van der Waals surface area contributed by atoms with E-state index in [0.717, 1.165) is 4.90 Å². The highest BCUT2D eigenvalue weighted by Crippen LogP contribution is 2.23. The molecule has 6 heteroatoms. The lowest BCUT2D eigenvalue weighted by Crippen LogP contribution is -2.48. The molecule has 1 fully saturated rings. The van der Waals surface area contributed by atoms with Crippen molar-refractivity contribution in [3.8, 4) is 0 Å². The van der Waals surface area contributed by atoms with Crippen molar-refractivity contribution in [1.82, 2.24) is 4.90 Å². The Hall–Kier alpha value is -2.50. The number of carbonyl (C=O) groups is 4. The van der Waals surface area contributed by atoms with Gasteiger partial charge in [-0.3, -0.25) is 19.3 Å². The Morgan fingerprint density at radius 1 is 1.13 bits per heavy atom. The van der Waals surface area contributed by atoms with E-state index in [9.17, 15) is 19.2 Å². The number of amides is 2. The van der Waals surface area contributed by atoms with Crippen LogP contribution in [0, 0.1) is 0 Å². The van der Waals surface area contributed by atoms with Crippen LogP contribution in [-0.2, 0) is 19.1 Å². The first-order valence-electron chi connectivity index (χ1n) is 7.39. The Labute approximate surface area is 134 Å². The van der Waals surface area contributed by atoms with Gasteiger partial charge in [-0.05, 0) is 27.2 Å². The molecule has 0 bridgehead atoms. The Kier molecular flexibility index (Phi) is 4.63. The SMILES string of the molecule is CC(C)(C)OC(=O)[C@@H]1CCC(=O)N1C(=O)C(=O)c1ccccc1. The first-order chi connectivity index (χ1) is 10.7. The standard InChI is InChI=1S/C17H19NO5/c1-17(2,3)23-16(22)12-9-10-13(19)18(12)15(21)14(20)11-7-5-4-6-8-11/h4-8,12H,9-10H2,1-3H3/t12-/m0/s1. The maximum atomic E-state index is 12.4. The van der Waals surface area contributed by atoms with Gasteiger partial charge in [0.1, 0.15) is 11.6 Å². The number of ketones is 1. The number of hydrogen-bond acceptors (Lipinski definition) is 5. The Morgan fingerprint density at radius 3 is 2.30 bits per heavy atom. The normalized spacial score (nSPS) is 18.0. The number of esters is 1. The molecule has 0 unspecified atom stereocenters. The van der Waals surface area contributed by atoms with E-state index in [1.165, 1.54) is 12.1 Å². The van der Waals surface area contributed by atoms with E-state index in [2.05, 4.69) is 0 Å². The van der Waals surface area contributed by atoms with Gasteiger partial charge in [0.15, 0.2) is 0 Å². The molecule has 1 aliphatic rings. The maximum Gasteiger partial charge on any atom is 0.329 e. The molecule has 0 spiro atoms. The van der Waals surface area contributed by atoms with Gasteiger partial charge >= 0.3 is 11.9 Å². The molecule has 122 valence electrons. The molecular weight excluding hydrogens is 298 g/mol. The average Bonchev–Trinajstić information content (AvgIpc) is 2.87. The molecule has 0 N–H and O–H groups in total. The molecule has 2 rings (SSSR count). The van der Waals surface area contributed by atoms with Crippen LogP contribution in [0.15, 0.2) is 30.3 Å². The summed E-state index contributed by atoms with van der Waals surface area (Å²) in [4.78, 5) is 49.5. The first kappa shape index (κ1) is 16.9. The molecule has 0 aromatic heterocycles. The fourth-order valence-electron chi connectivity index (χ4n) is 2.35. The van der Waals surface area contributed by atoms with Crippen LogP contribution >= 0.6 is 0 Å². The van der Waals surface area contributed by atoms with Gasteiger partial charge in [-0.2, -0.15) is 0 Å². The predicted molar refractivity (Wildman–Crippen MR) is 81.5 cm³/mol. The molecule has 23 heavy (non-hydrogen) atoms. The van der Waals surface area contributed by atoms with E-state index in [-0.39, 0.29) is 18.4 Å². The summed E-state index contributed by atoms with van der Waals surface area (Å²) in [6, 6.07) is 6.90. The van der Waals surface area contributed by atoms with Crippen molar-refractivity contribution in [3.05, 3.63) is 35.9 Å². The van der Waals surface area contributed by atoms with Crippen molar-refractivity contribution >= 4 is 23.6 Å². The number of Topliss-reactive ketones (excluding diaryl/α,β-unsaturated/α-hetero) is 1. The van der Waals surface area contributed by atoms with Crippen molar-refractivity contribution < 1.29 is 23.9 Å². The Bertz CT molecular complexity index is 645. The van der Waals surface area contributed by atoms with Crippen LogP contribution in [-0.4, -0.2) is 40.1 Å². The second-order valence-electron chi connectivity index (χ2n) is 6.35. The lowest BCUT2D eigenvalue weighted by molar-refractivity contribution is -0.164. The van der Waals surface area contributed by atoms with Gasteiger partial charge in [0.25, 0.3) is 5.78 Å². The van der Waals surface area contributed by atoms with Crippen LogP contribution in [0.4, 0.5) is 0 Å². The summed E-state index contributed by atoms with van der Waals surface area (Å²) < 4.78 is 5.24. The number of hydrogen-bond donors (Lipinski definition) is 0. The minimum atomic E-state index is -1.04. The monoisotopic (exact) mass is 317 g/mol. The van der Waals surface area contributed by atoms with E-state index >= 15 is 0 Å². The third kappa shape index (κ3) is 3.83. The third-order valence-corrected chi connectivity index (χ3v) is 3.34. The number of rotatable bonds is 3. The van der Waals surface area contributed by atoms with Crippen LogP contribution in [0.5, 0.6) is 0 Å². The molecule has 1 aromatic carbocycles. The lowest BCUT2D eigenvalue weighted by Gasteiger charge is -2.26. The smallest absolute Gasteiger partial charge is 0.329 e. The first-order valence-corrected chi connectivity index (χ1v) is 7.39. The molecule has 2 amide bonds. The average molecular weight is 317 g/mol. The van der Waals surface area contributed by atoms with Gasteiger partial charge in [0.05, 0.1) is 0 Å². The second kappa shape index (κ2) is 6.32. The van der Waals surface area contributed by atoms with Crippen molar-refractivity contribution in [2.45, 2.75) is 45.3 Å². The van der Waals surface area contributed by atoms with Gasteiger partial charge < -0.3 is 4.74 Å². The summed E-state index contributed by atoms with van der Waals surface area (Å²) in [5.74, 6) is -3.00. The molecule has 0 radical (unpaired) electrons. The Morgan fingerprint density at radius 2 is 1.74 bits per heavy atom. The zero-order valence-electron chi connectivity index (χ0n) is 13.4. The molecule has 0 aliphatic carbocycles. The van der Waals surface area contributed by atoms with Crippen LogP contribution in [0.3, 0.4) is 0 Å². The van der Waals surface area contributed by atoms with Gasteiger partial charge in [0, 0.05) is 12.0 Å². The minimum absolute atomic E-state index is 0.0394. The summed E-state index contributed by atoms with van der Waals surface area (Å²) in [6.45, 7) is 5.09. The number of ether oxygens (including phenoxy) is 1. The summed E-state index contributed by atoms with van der Waals surface area (Å²) in [6.07, 6.45) is 0.208. The van der Waals surface area contributed by atoms with Crippen LogP contribution < -0.4 is 0 Å². The van der Waals surface area contributed by atoms with E-state index in [1.807, 2.05) is 0 Å². The fraction of sp³-hybridized carbons (Fsp3) is 0.412. The topological polar surface area (TPSA) is 80.8 Å². The predicted octanol–water partition coefficient (Wildman–Crippen LogP) is 1.73. The van der Waals surface area contributed by atoms with Gasteiger partial charge in [-0.15, -0.1) is 0 Å². The number of nitrogens with zero attached hydrogens (tertiary/aromatic N) is 1. The molecule has 1 atom stereocenters. The largest absolute Gasteiger partial charge is 0.458 e. The summed E-state index contributed by atoms with van der Waals surface area (Å²) in [7, 11) is 0. The number of benzene rings is 1. The number of imide groups is 1. The Balaban J connectivity index is 2.21. The third-order valence-electron chi connectivity index (χ3n) is 3.34. The van der Waals surface area contributed by atoms with E-state index < -0.39 is 35.2 Å². The molecule has 6 nitrogen and oxygen atoms in total. The molecule has 1 aromatic rings. The van der Waals surface area contributed by atoms with Crippen LogP contribution in [0.2, 0.25) is 0 Å². The number of likely N-dealkylation sites (tertiary alicyclic amines) is 1.